The minimum Gasteiger partial charge on any atom is -0.0622 e. The molecule has 0 heterocycles. The molecule has 6 rings (SSSR count). The van der Waals surface area contributed by atoms with Crippen LogP contribution in [-0.2, 0) is 12.8 Å². The van der Waals surface area contributed by atoms with Crippen LogP contribution in [0, 0.1) is 0 Å². The van der Waals surface area contributed by atoms with Crippen molar-refractivity contribution in [2.24, 2.45) is 0 Å². The van der Waals surface area contributed by atoms with E-state index in [1.165, 1.54) is 66.1 Å². The van der Waals surface area contributed by atoms with E-state index in [9.17, 15) is 0 Å². The van der Waals surface area contributed by atoms with Gasteiger partial charge in [-0.2, -0.15) is 0 Å². The van der Waals surface area contributed by atoms with Gasteiger partial charge < -0.3 is 0 Å². The van der Waals surface area contributed by atoms with Crippen molar-refractivity contribution < 1.29 is 0 Å². The third-order valence-electron chi connectivity index (χ3n) is 7.42. The maximum absolute atomic E-state index is 2.44. The standard InChI is InChI=1S/C36H30/c1-3-29-32-24-28-22-14-15-23-31(28)35(27-20-12-7-13-21-27)36(32)30(4-2)34(26-18-10-6-11-19-26)33(29)25-16-8-5-9-17-25/h5-24H,3-4H2,1-2H3. The summed E-state index contributed by atoms with van der Waals surface area (Å²) in [6, 6.07) is 44.2. The van der Waals surface area contributed by atoms with Gasteiger partial charge in [-0.1, -0.05) is 129 Å². The molecule has 36 heavy (non-hydrogen) atoms. The SMILES string of the molecule is CCc1c(-c2ccccc2)c(-c2ccccc2)c(CC)c2c(-c3ccccc3)c3ccccc3cc12. The summed E-state index contributed by atoms with van der Waals surface area (Å²) < 4.78 is 0. The molecule has 0 aliphatic carbocycles. The van der Waals surface area contributed by atoms with Crippen molar-refractivity contribution in [1.82, 2.24) is 0 Å². The van der Waals surface area contributed by atoms with E-state index in [1.54, 1.807) is 0 Å². The van der Waals surface area contributed by atoms with Gasteiger partial charge in [0.2, 0.25) is 0 Å². The first-order chi connectivity index (χ1) is 17.8. The Bertz CT molecular complexity index is 1660. The number of aryl methyl sites for hydroxylation is 2. The van der Waals surface area contributed by atoms with Crippen molar-refractivity contribution in [1.29, 1.82) is 0 Å². The van der Waals surface area contributed by atoms with Crippen LogP contribution in [0.4, 0.5) is 0 Å². The van der Waals surface area contributed by atoms with E-state index in [0.29, 0.717) is 0 Å². The fraction of sp³-hybridized carbons (Fsp3) is 0.111. The van der Waals surface area contributed by atoms with Crippen molar-refractivity contribution in [3.05, 3.63) is 132 Å². The average Bonchev–Trinajstić information content (AvgIpc) is 2.96. The molecule has 0 bridgehead atoms. The van der Waals surface area contributed by atoms with Crippen LogP contribution in [0.2, 0.25) is 0 Å². The Kier molecular flexibility index (Phi) is 5.87. The molecular formula is C36H30. The minimum absolute atomic E-state index is 0.961. The van der Waals surface area contributed by atoms with Crippen LogP contribution >= 0.6 is 0 Å². The van der Waals surface area contributed by atoms with Crippen molar-refractivity contribution >= 4 is 21.5 Å². The van der Waals surface area contributed by atoms with Gasteiger partial charge in [0.15, 0.2) is 0 Å². The molecule has 0 spiro atoms. The summed E-state index contributed by atoms with van der Waals surface area (Å²) in [5.74, 6) is 0. The summed E-state index contributed by atoms with van der Waals surface area (Å²) in [7, 11) is 0. The molecule has 0 saturated heterocycles. The largest absolute Gasteiger partial charge is 0.0622 e. The van der Waals surface area contributed by atoms with E-state index in [-0.39, 0.29) is 0 Å². The summed E-state index contributed by atoms with van der Waals surface area (Å²) in [6.45, 7) is 4.62. The van der Waals surface area contributed by atoms with Gasteiger partial charge in [-0.15, -0.1) is 0 Å². The number of rotatable bonds is 5. The van der Waals surface area contributed by atoms with E-state index in [0.717, 1.165) is 12.8 Å². The number of fused-ring (bicyclic) bond motifs is 2. The maximum atomic E-state index is 2.44. The first-order valence-electron chi connectivity index (χ1n) is 13.0. The summed E-state index contributed by atoms with van der Waals surface area (Å²) in [4.78, 5) is 0. The van der Waals surface area contributed by atoms with Gasteiger partial charge in [0, 0.05) is 0 Å². The highest BCUT2D eigenvalue weighted by Gasteiger charge is 2.23. The Labute approximate surface area is 213 Å². The second kappa shape index (κ2) is 9.47. The first-order valence-corrected chi connectivity index (χ1v) is 13.0. The van der Waals surface area contributed by atoms with E-state index < -0.39 is 0 Å². The lowest BCUT2D eigenvalue weighted by molar-refractivity contribution is 1.13. The van der Waals surface area contributed by atoms with Crippen LogP contribution < -0.4 is 0 Å². The van der Waals surface area contributed by atoms with Gasteiger partial charge in [0.1, 0.15) is 0 Å². The second-order valence-corrected chi connectivity index (χ2v) is 9.41. The molecule has 0 radical (unpaired) electrons. The van der Waals surface area contributed by atoms with E-state index in [2.05, 4.69) is 135 Å². The summed E-state index contributed by atoms with van der Waals surface area (Å²) >= 11 is 0. The molecule has 0 fully saturated rings. The highest BCUT2D eigenvalue weighted by atomic mass is 14.3. The molecule has 0 heteroatoms. The minimum atomic E-state index is 0.961. The van der Waals surface area contributed by atoms with Crippen LogP contribution in [-0.4, -0.2) is 0 Å². The van der Waals surface area contributed by atoms with Crippen LogP contribution in [0.15, 0.2) is 121 Å². The lowest BCUT2D eigenvalue weighted by Gasteiger charge is -2.25. The molecule has 0 nitrogen and oxygen atoms in total. The fourth-order valence-electron chi connectivity index (χ4n) is 5.93. The summed E-state index contributed by atoms with van der Waals surface area (Å²) in [6.07, 6.45) is 1.93. The Hall–Kier alpha value is -4.16. The van der Waals surface area contributed by atoms with Crippen LogP contribution in [0.1, 0.15) is 25.0 Å². The maximum Gasteiger partial charge on any atom is -0.00237 e. The molecular weight excluding hydrogens is 432 g/mol. The fourth-order valence-corrected chi connectivity index (χ4v) is 5.93. The molecule has 6 aromatic carbocycles. The summed E-state index contributed by atoms with van der Waals surface area (Å²) in [5.41, 5.74) is 10.8. The molecule has 0 aromatic heterocycles. The number of benzene rings is 6. The van der Waals surface area contributed by atoms with Crippen LogP contribution in [0.25, 0.3) is 54.9 Å². The van der Waals surface area contributed by atoms with Crippen LogP contribution in [0.3, 0.4) is 0 Å². The molecule has 0 saturated carbocycles. The molecule has 174 valence electrons. The van der Waals surface area contributed by atoms with E-state index in [4.69, 9.17) is 0 Å². The van der Waals surface area contributed by atoms with Crippen LogP contribution in [0.5, 0.6) is 0 Å². The quantitative estimate of drug-likeness (QED) is 0.224. The number of hydrogen-bond acceptors (Lipinski definition) is 0. The monoisotopic (exact) mass is 462 g/mol. The van der Waals surface area contributed by atoms with Crippen molar-refractivity contribution in [2.45, 2.75) is 26.7 Å². The normalized spacial score (nSPS) is 11.3. The molecule has 0 aliphatic heterocycles. The van der Waals surface area contributed by atoms with Gasteiger partial charge >= 0.3 is 0 Å². The van der Waals surface area contributed by atoms with Gasteiger partial charge in [-0.05, 0) is 85.0 Å². The van der Waals surface area contributed by atoms with Gasteiger partial charge in [0.25, 0.3) is 0 Å². The highest BCUT2D eigenvalue weighted by Crippen LogP contribution is 2.48. The Morgan fingerprint density at radius 3 is 1.39 bits per heavy atom. The topological polar surface area (TPSA) is 0 Å². The predicted octanol–water partition coefficient (Wildman–Crippen LogP) is 10.1. The molecule has 0 unspecified atom stereocenters. The zero-order valence-electron chi connectivity index (χ0n) is 21.0. The Morgan fingerprint density at radius 1 is 0.417 bits per heavy atom. The van der Waals surface area contributed by atoms with Gasteiger partial charge in [-0.3, -0.25) is 0 Å². The lowest BCUT2D eigenvalue weighted by atomic mass is 9.78. The second-order valence-electron chi connectivity index (χ2n) is 9.41. The molecule has 0 N–H and O–H groups in total. The Balaban J connectivity index is 1.91. The van der Waals surface area contributed by atoms with Crippen molar-refractivity contribution in [3.8, 4) is 33.4 Å². The van der Waals surface area contributed by atoms with Gasteiger partial charge in [-0.25, -0.2) is 0 Å². The molecule has 0 amide bonds. The average molecular weight is 463 g/mol. The first kappa shape index (κ1) is 22.3. The zero-order chi connectivity index (χ0) is 24.5. The Morgan fingerprint density at radius 2 is 0.861 bits per heavy atom. The highest BCUT2D eigenvalue weighted by molar-refractivity contribution is 6.18. The molecule has 0 atom stereocenters. The summed E-state index contributed by atoms with van der Waals surface area (Å²) in [5, 5.41) is 5.40. The smallest absolute Gasteiger partial charge is 0.00237 e. The third kappa shape index (κ3) is 3.62. The van der Waals surface area contributed by atoms with E-state index in [1.807, 2.05) is 0 Å². The van der Waals surface area contributed by atoms with E-state index >= 15 is 0 Å². The van der Waals surface area contributed by atoms with Crippen molar-refractivity contribution in [3.63, 3.8) is 0 Å². The van der Waals surface area contributed by atoms with Crippen molar-refractivity contribution in [2.75, 3.05) is 0 Å². The lowest BCUT2D eigenvalue weighted by Crippen LogP contribution is -2.02. The number of hydrogen-bond donors (Lipinski definition) is 0. The molecule has 0 aliphatic rings. The van der Waals surface area contributed by atoms with Gasteiger partial charge in [0.05, 0.1) is 0 Å². The third-order valence-corrected chi connectivity index (χ3v) is 7.42. The molecule has 6 aromatic rings. The predicted molar refractivity (Wildman–Crippen MR) is 157 cm³/mol. The zero-order valence-corrected chi connectivity index (χ0v) is 21.0.